The average molecular weight is 357 g/mol. The predicted molar refractivity (Wildman–Crippen MR) is 98.9 cm³/mol. The first-order valence-corrected chi connectivity index (χ1v) is 8.06. The quantitative estimate of drug-likeness (QED) is 0.635. The van der Waals surface area contributed by atoms with Gasteiger partial charge in [0.05, 0.1) is 5.69 Å². The molecule has 0 unspecified atom stereocenters. The van der Waals surface area contributed by atoms with Gasteiger partial charge in [0.25, 0.3) is 5.91 Å². The van der Waals surface area contributed by atoms with Crippen molar-refractivity contribution >= 4 is 34.8 Å². The minimum atomic E-state index is -0.116. The maximum absolute atomic E-state index is 12.7. The first-order valence-electron chi connectivity index (χ1n) is 7.30. The summed E-state index contributed by atoms with van der Waals surface area (Å²) in [5, 5.41) is 1.29. The Morgan fingerprint density at radius 3 is 2.12 bits per heavy atom. The highest BCUT2D eigenvalue weighted by atomic mass is 35.5. The van der Waals surface area contributed by atoms with Gasteiger partial charge in [-0.2, -0.15) is 0 Å². The Hall–Kier alpha value is -2.36. The molecule has 1 amide bonds. The van der Waals surface area contributed by atoms with Gasteiger partial charge in [-0.15, -0.1) is 0 Å². The van der Waals surface area contributed by atoms with Crippen molar-refractivity contribution in [2.24, 2.45) is 0 Å². The molecule has 0 aliphatic rings. The predicted octanol–water partition coefficient (Wildman–Crippen LogP) is 5.33. The van der Waals surface area contributed by atoms with Crippen LogP contribution in [0.3, 0.4) is 0 Å². The van der Waals surface area contributed by atoms with Crippen LogP contribution in [0.4, 0.5) is 5.69 Å². The molecule has 0 atom stereocenters. The zero-order chi connectivity index (χ0) is 17.1. The molecule has 2 aromatic carbocycles. The summed E-state index contributed by atoms with van der Waals surface area (Å²) in [6.45, 7) is 0. The molecular formula is C19H14Cl2N2O. The van der Waals surface area contributed by atoms with E-state index >= 15 is 0 Å². The molecule has 0 radical (unpaired) electrons. The van der Waals surface area contributed by atoms with Crippen LogP contribution in [0.1, 0.15) is 10.4 Å². The van der Waals surface area contributed by atoms with Crippen LogP contribution in [-0.4, -0.2) is 17.9 Å². The summed E-state index contributed by atoms with van der Waals surface area (Å²) in [5.74, 6) is -0.116. The second kappa shape index (κ2) is 7.04. The minimum Gasteiger partial charge on any atom is -0.311 e. The van der Waals surface area contributed by atoms with E-state index in [-0.39, 0.29) is 5.91 Å². The lowest BCUT2D eigenvalue weighted by Crippen LogP contribution is -2.26. The molecule has 5 heteroatoms. The Morgan fingerprint density at radius 1 is 0.917 bits per heavy atom. The number of pyridine rings is 1. The third-order valence-electron chi connectivity index (χ3n) is 3.67. The molecular weight excluding hydrogens is 343 g/mol. The Balaban J connectivity index is 1.89. The molecule has 0 fully saturated rings. The third-order valence-corrected chi connectivity index (χ3v) is 4.17. The molecule has 24 heavy (non-hydrogen) atoms. The SMILES string of the molecule is CN(C(=O)c1ccnc(-c2ccc(Cl)cc2)c1)c1ccc(Cl)cc1. The number of nitrogens with zero attached hydrogens (tertiary/aromatic N) is 2. The van der Waals surface area contributed by atoms with Crippen LogP contribution in [0.5, 0.6) is 0 Å². The van der Waals surface area contributed by atoms with Gasteiger partial charge in [0.1, 0.15) is 0 Å². The summed E-state index contributed by atoms with van der Waals surface area (Å²) in [6.07, 6.45) is 1.63. The largest absolute Gasteiger partial charge is 0.311 e. The average Bonchev–Trinajstić information content (AvgIpc) is 2.62. The molecule has 3 rings (SSSR count). The lowest BCUT2D eigenvalue weighted by molar-refractivity contribution is 0.0993. The molecule has 3 aromatic rings. The second-order valence-corrected chi connectivity index (χ2v) is 6.15. The van der Waals surface area contributed by atoms with Gasteiger partial charge >= 0.3 is 0 Å². The van der Waals surface area contributed by atoms with Crippen LogP contribution < -0.4 is 4.90 Å². The van der Waals surface area contributed by atoms with Gasteiger partial charge in [-0.05, 0) is 48.5 Å². The summed E-state index contributed by atoms with van der Waals surface area (Å²) in [5.41, 5.74) is 2.96. The van der Waals surface area contributed by atoms with E-state index in [2.05, 4.69) is 4.98 Å². The van der Waals surface area contributed by atoms with Crippen LogP contribution in [0, 0.1) is 0 Å². The van der Waals surface area contributed by atoms with Gasteiger partial charge in [0.15, 0.2) is 0 Å². The van der Waals surface area contributed by atoms with Gasteiger partial charge < -0.3 is 4.90 Å². The molecule has 0 saturated heterocycles. The van der Waals surface area contributed by atoms with E-state index in [0.29, 0.717) is 15.6 Å². The number of hydrogen-bond acceptors (Lipinski definition) is 2. The highest BCUT2D eigenvalue weighted by molar-refractivity contribution is 6.31. The minimum absolute atomic E-state index is 0.116. The van der Waals surface area contributed by atoms with Crippen molar-refractivity contribution in [2.75, 3.05) is 11.9 Å². The fourth-order valence-corrected chi connectivity index (χ4v) is 2.57. The first kappa shape index (κ1) is 16.5. The van der Waals surface area contributed by atoms with Gasteiger partial charge in [-0.3, -0.25) is 9.78 Å². The number of hydrogen-bond donors (Lipinski definition) is 0. The van der Waals surface area contributed by atoms with E-state index in [1.54, 1.807) is 54.5 Å². The normalized spacial score (nSPS) is 10.5. The fraction of sp³-hybridized carbons (Fsp3) is 0.0526. The van der Waals surface area contributed by atoms with Gasteiger partial charge in [0.2, 0.25) is 0 Å². The number of benzene rings is 2. The fourth-order valence-electron chi connectivity index (χ4n) is 2.32. The van der Waals surface area contributed by atoms with Crippen molar-refractivity contribution in [1.29, 1.82) is 0 Å². The molecule has 0 bridgehead atoms. The molecule has 0 aliphatic carbocycles. The second-order valence-electron chi connectivity index (χ2n) is 5.28. The number of aromatic nitrogens is 1. The van der Waals surface area contributed by atoms with Gasteiger partial charge in [-0.25, -0.2) is 0 Å². The highest BCUT2D eigenvalue weighted by Gasteiger charge is 2.14. The Labute approximate surface area is 150 Å². The monoisotopic (exact) mass is 356 g/mol. The lowest BCUT2D eigenvalue weighted by Gasteiger charge is -2.17. The van der Waals surface area contributed by atoms with Crippen LogP contribution >= 0.6 is 23.2 Å². The lowest BCUT2D eigenvalue weighted by atomic mass is 10.1. The first-order chi connectivity index (χ1) is 11.5. The number of amides is 1. The molecule has 0 saturated carbocycles. The van der Waals surface area contributed by atoms with Crippen molar-refractivity contribution in [3.63, 3.8) is 0 Å². The Morgan fingerprint density at radius 2 is 1.50 bits per heavy atom. The van der Waals surface area contributed by atoms with Crippen molar-refractivity contribution < 1.29 is 4.79 Å². The Kier molecular flexibility index (Phi) is 4.84. The van der Waals surface area contributed by atoms with Crippen molar-refractivity contribution in [3.8, 4) is 11.3 Å². The van der Waals surface area contributed by atoms with Crippen molar-refractivity contribution in [1.82, 2.24) is 4.98 Å². The maximum atomic E-state index is 12.7. The maximum Gasteiger partial charge on any atom is 0.258 e. The molecule has 3 nitrogen and oxygen atoms in total. The van der Waals surface area contributed by atoms with Crippen LogP contribution in [-0.2, 0) is 0 Å². The summed E-state index contributed by atoms with van der Waals surface area (Å²) < 4.78 is 0. The number of carbonyl (C=O) groups excluding carboxylic acids is 1. The van der Waals surface area contributed by atoms with E-state index in [4.69, 9.17) is 23.2 Å². The van der Waals surface area contributed by atoms with E-state index < -0.39 is 0 Å². The standard InChI is InChI=1S/C19H14Cl2N2O/c1-23(17-8-6-16(21)7-9-17)19(24)14-10-11-22-18(12-14)13-2-4-15(20)5-3-13/h2-12H,1H3. The Bertz CT molecular complexity index is 861. The summed E-state index contributed by atoms with van der Waals surface area (Å²) >= 11 is 11.8. The summed E-state index contributed by atoms with van der Waals surface area (Å²) in [7, 11) is 1.73. The summed E-state index contributed by atoms with van der Waals surface area (Å²) in [4.78, 5) is 18.6. The number of rotatable bonds is 3. The number of anilines is 1. The topological polar surface area (TPSA) is 33.2 Å². The van der Waals surface area contributed by atoms with Gasteiger partial charge in [0, 0.05) is 40.1 Å². The number of halogens is 2. The van der Waals surface area contributed by atoms with Crippen LogP contribution in [0.2, 0.25) is 10.0 Å². The zero-order valence-electron chi connectivity index (χ0n) is 12.9. The number of carbonyl (C=O) groups is 1. The van der Waals surface area contributed by atoms with Crippen LogP contribution in [0.25, 0.3) is 11.3 Å². The molecule has 120 valence electrons. The molecule has 1 aromatic heterocycles. The summed E-state index contributed by atoms with van der Waals surface area (Å²) in [6, 6.07) is 18.0. The van der Waals surface area contributed by atoms with Gasteiger partial charge in [-0.1, -0.05) is 35.3 Å². The van der Waals surface area contributed by atoms with E-state index in [9.17, 15) is 4.79 Å². The third kappa shape index (κ3) is 3.58. The van der Waals surface area contributed by atoms with E-state index in [1.807, 2.05) is 24.3 Å². The van der Waals surface area contributed by atoms with Crippen molar-refractivity contribution in [3.05, 3.63) is 82.5 Å². The highest BCUT2D eigenvalue weighted by Crippen LogP contribution is 2.22. The smallest absolute Gasteiger partial charge is 0.258 e. The van der Waals surface area contributed by atoms with E-state index in [0.717, 1.165) is 16.9 Å². The molecule has 0 aliphatic heterocycles. The molecule has 0 spiro atoms. The van der Waals surface area contributed by atoms with E-state index in [1.165, 1.54) is 0 Å². The molecule has 1 heterocycles. The van der Waals surface area contributed by atoms with Crippen molar-refractivity contribution in [2.45, 2.75) is 0 Å². The molecule has 0 N–H and O–H groups in total. The zero-order valence-corrected chi connectivity index (χ0v) is 14.4. The van der Waals surface area contributed by atoms with Crippen LogP contribution in [0.15, 0.2) is 66.9 Å².